The highest BCUT2D eigenvalue weighted by molar-refractivity contribution is 5.88. The molecule has 0 atom stereocenters. The molecule has 15 heavy (non-hydrogen) atoms. The summed E-state index contributed by atoms with van der Waals surface area (Å²) >= 11 is 0. The zero-order valence-electron chi connectivity index (χ0n) is 9.72. The SMILES string of the molecule is C=C(C#CC(=O)OC)CC/C(=C\C)CC. The monoisotopic (exact) mass is 206 g/mol. The molecule has 0 N–H and O–H groups in total. The predicted molar refractivity (Wildman–Crippen MR) is 62.2 cm³/mol. The first-order chi connectivity index (χ1) is 7.13. The number of hydrogen-bond donors (Lipinski definition) is 0. The molecule has 82 valence electrons. The Labute approximate surface area is 92.0 Å². The van der Waals surface area contributed by atoms with E-state index in [1.54, 1.807) is 0 Å². The van der Waals surface area contributed by atoms with E-state index in [9.17, 15) is 4.79 Å². The number of esters is 1. The fourth-order valence-corrected chi connectivity index (χ4v) is 1.09. The highest BCUT2D eigenvalue weighted by Gasteiger charge is 1.96. The molecule has 0 aliphatic rings. The van der Waals surface area contributed by atoms with Crippen molar-refractivity contribution in [2.24, 2.45) is 0 Å². The van der Waals surface area contributed by atoms with Gasteiger partial charge in [-0.2, -0.15) is 0 Å². The van der Waals surface area contributed by atoms with Gasteiger partial charge in [0.05, 0.1) is 7.11 Å². The zero-order chi connectivity index (χ0) is 11.7. The lowest BCUT2D eigenvalue weighted by Crippen LogP contribution is -1.94. The van der Waals surface area contributed by atoms with Crippen molar-refractivity contribution in [3.63, 3.8) is 0 Å². The van der Waals surface area contributed by atoms with Crippen LogP contribution in [0, 0.1) is 11.8 Å². The molecular formula is C13H18O2. The summed E-state index contributed by atoms with van der Waals surface area (Å²) in [7, 11) is 1.31. The predicted octanol–water partition coefficient (Wildman–Crippen LogP) is 2.86. The van der Waals surface area contributed by atoms with Crippen molar-refractivity contribution in [3.8, 4) is 11.8 Å². The maximum absolute atomic E-state index is 10.7. The Kier molecular flexibility index (Phi) is 7.09. The van der Waals surface area contributed by atoms with Crippen LogP contribution < -0.4 is 0 Å². The molecule has 0 saturated heterocycles. The smallest absolute Gasteiger partial charge is 0.384 e. The zero-order valence-corrected chi connectivity index (χ0v) is 9.72. The number of carbonyl (C=O) groups is 1. The Bertz CT molecular complexity index is 313. The van der Waals surface area contributed by atoms with Gasteiger partial charge in [0.25, 0.3) is 0 Å². The third-order valence-electron chi connectivity index (χ3n) is 2.14. The summed E-state index contributed by atoms with van der Waals surface area (Å²) < 4.78 is 4.40. The van der Waals surface area contributed by atoms with E-state index in [1.807, 2.05) is 6.92 Å². The molecule has 0 amide bonds. The molecule has 0 aromatic rings. The minimum absolute atomic E-state index is 0.516. The minimum atomic E-state index is -0.516. The van der Waals surface area contributed by atoms with E-state index in [-0.39, 0.29) is 0 Å². The molecule has 2 nitrogen and oxygen atoms in total. The van der Waals surface area contributed by atoms with Crippen LogP contribution in [0.3, 0.4) is 0 Å². The van der Waals surface area contributed by atoms with E-state index in [1.165, 1.54) is 12.7 Å². The first kappa shape index (κ1) is 13.5. The van der Waals surface area contributed by atoms with Crippen LogP contribution >= 0.6 is 0 Å². The lowest BCUT2D eigenvalue weighted by molar-refractivity contribution is -0.133. The van der Waals surface area contributed by atoms with Crippen LogP contribution in [-0.4, -0.2) is 13.1 Å². The summed E-state index contributed by atoms with van der Waals surface area (Å²) in [4.78, 5) is 10.7. The molecule has 0 unspecified atom stereocenters. The van der Waals surface area contributed by atoms with Gasteiger partial charge >= 0.3 is 5.97 Å². The molecule has 0 heterocycles. The number of rotatable bonds is 4. The van der Waals surface area contributed by atoms with E-state index in [0.29, 0.717) is 0 Å². The summed E-state index contributed by atoms with van der Waals surface area (Å²) in [6, 6.07) is 0. The lowest BCUT2D eigenvalue weighted by atomic mass is 10.0. The average molecular weight is 206 g/mol. The normalized spacial score (nSPS) is 10.2. The van der Waals surface area contributed by atoms with Gasteiger partial charge in [-0.1, -0.05) is 31.1 Å². The highest BCUT2D eigenvalue weighted by Crippen LogP contribution is 2.12. The molecule has 0 fully saturated rings. The topological polar surface area (TPSA) is 26.3 Å². The van der Waals surface area contributed by atoms with Crippen molar-refractivity contribution >= 4 is 5.97 Å². The van der Waals surface area contributed by atoms with E-state index in [4.69, 9.17) is 0 Å². The van der Waals surface area contributed by atoms with E-state index in [2.05, 4.69) is 36.2 Å². The molecule has 0 bridgehead atoms. The van der Waals surface area contributed by atoms with Crippen LogP contribution in [0.1, 0.15) is 33.1 Å². The molecule has 0 saturated carbocycles. The van der Waals surface area contributed by atoms with Crippen molar-refractivity contribution in [1.82, 2.24) is 0 Å². The Morgan fingerprint density at radius 1 is 1.40 bits per heavy atom. The summed E-state index contributed by atoms with van der Waals surface area (Å²) in [6.07, 6.45) is 4.93. The minimum Gasteiger partial charge on any atom is -0.459 e. The van der Waals surface area contributed by atoms with Gasteiger partial charge in [0.15, 0.2) is 0 Å². The Morgan fingerprint density at radius 2 is 2.07 bits per heavy atom. The third kappa shape index (κ3) is 6.56. The first-order valence-electron chi connectivity index (χ1n) is 5.05. The molecule has 2 heteroatoms. The summed E-state index contributed by atoms with van der Waals surface area (Å²) in [5.74, 6) is 4.54. The van der Waals surface area contributed by atoms with Crippen molar-refractivity contribution in [1.29, 1.82) is 0 Å². The molecule has 0 radical (unpaired) electrons. The van der Waals surface area contributed by atoms with Gasteiger partial charge in [0.1, 0.15) is 0 Å². The van der Waals surface area contributed by atoms with Crippen LogP contribution in [-0.2, 0) is 9.53 Å². The average Bonchev–Trinajstić information content (AvgIpc) is 2.27. The van der Waals surface area contributed by atoms with Crippen molar-refractivity contribution in [3.05, 3.63) is 23.8 Å². The van der Waals surface area contributed by atoms with Crippen LogP contribution in [0.25, 0.3) is 0 Å². The molecule has 0 aromatic carbocycles. The van der Waals surface area contributed by atoms with Crippen LogP contribution in [0.4, 0.5) is 0 Å². The standard InChI is InChI=1S/C13H18O2/c1-5-12(6-2)9-7-11(3)8-10-13(14)15-4/h5H,3,6-7,9H2,1-2,4H3/b12-5-. The summed E-state index contributed by atoms with van der Waals surface area (Å²) in [6.45, 7) is 7.95. The fraction of sp³-hybridized carbons (Fsp3) is 0.462. The third-order valence-corrected chi connectivity index (χ3v) is 2.14. The Morgan fingerprint density at radius 3 is 2.53 bits per heavy atom. The summed E-state index contributed by atoms with van der Waals surface area (Å²) in [5.41, 5.74) is 2.16. The number of ether oxygens (including phenoxy) is 1. The van der Waals surface area contributed by atoms with Gasteiger partial charge in [-0.25, -0.2) is 4.79 Å². The second kappa shape index (κ2) is 7.87. The van der Waals surface area contributed by atoms with Gasteiger partial charge < -0.3 is 4.74 Å². The van der Waals surface area contributed by atoms with Crippen molar-refractivity contribution in [2.45, 2.75) is 33.1 Å². The second-order valence-corrected chi connectivity index (χ2v) is 3.15. The molecular weight excluding hydrogens is 188 g/mol. The number of hydrogen-bond acceptors (Lipinski definition) is 2. The first-order valence-corrected chi connectivity index (χ1v) is 5.05. The molecule has 0 aromatic heterocycles. The van der Waals surface area contributed by atoms with E-state index >= 15 is 0 Å². The largest absolute Gasteiger partial charge is 0.459 e. The van der Waals surface area contributed by atoms with Crippen LogP contribution in [0.5, 0.6) is 0 Å². The van der Waals surface area contributed by atoms with E-state index < -0.39 is 5.97 Å². The Balaban J connectivity index is 4.04. The van der Waals surface area contributed by atoms with Crippen molar-refractivity contribution < 1.29 is 9.53 Å². The van der Waals surface area contributed by atoms with Crippen LogP contribution in [0.2, 0.25) is 0 Å². The Hall–Kier alpha value is -1.49. The van der Waals surface area contributed by atoms with Gasteiger partial charge in [-0.05, 0) is 31.8 Å². The molecule has 0 aliphatic heterocycles. The highest BCUT2D eigenvalue weighted by atomic mass is 16.5. The summed E-state index contributed by atoms with van der Waals surface area (Å²) in [5, 5.41) is 0. The second-order valence-electron chi connectivity index (χ2n) is 3.15. The van der Waals surface area contributed by atoms with Gasteiger partial charge in [0, 0.05) is 5.92 Å². The fourth-order valence-electron chi connectivity index (χ4n) is 1.09. The van der Waals surface area contributed by atoms with Gasteiger partial charge in [-0.15, -0.1) is 0 Å². The number of carbonyl (C=O) groups excluding carboxylic acids is 1. The van der Waals surface area contributed by atoms with Crippen molar-refractivity contribution in [2.75, 3.05) is 7.11 Å². The maximum Gasteiger partial charge on any atom is 0.384 e. The van der Waals surface area contributed by atoms with Gasteiger partial charge in [-0.3, -0.25) is 0 Å². The lowest BCUT2D eigenvalue weighted by Gasteiger charge is -2.01. The van der Waals surface area contributed by atoms with Gasteiger partial charge in [0.2, 0.25) is 0 Å². The molecule has 0 aliphatic carbocycles. The quantitative estimate of drug-likeness (QED) is 0.306. The molecule has 0 spiro atoms. The number of allylic oxidation sites excluding steroid dienone is 3. The maximum atomic E-state index is 10.7. The van der Waals surface area contributed by atoms with Crippen LogP contribution in [0.15, 0.2) is 23.8 Å². The number of methoxy groups -OCH3 is 1. The molecule has 0 rings (SSSR count). The van der Waals surface area contributed by atoms with E-state index in [0.717, 1.165) is 24.8 Å².